The molecular weight excluding hydrogens is 234 g/mol. The monoisotopic (exact) mass is 245 g/mol. The van der Waals surface area contributed by atoms with Crippen LogP contribution in [0.4, 0.5) is 5.69 Å². The quantitative estimate of drug-likeness (QED) is 0.826. The molecule has 82 valence electrons. The number of anilines is 1. The lowest BCUT2D eigenvalue weighted by Crippen LogP contribution is -2.09. The minimum atomic E-state index is -1.22. The van der Waals surface area contributed by atoms with Gasteiger partial charge in [0.1, 0.15) is 11.5 Å². The van der Waals surface area contributed by atoms with Crippen molar-refractivity contribution >= 4 is 34.4 Å². The minimum absolute atomic E-state index is 0.578. The number of aldehydes is 1. The number of hydrogen-bond donors (Lipinski definition) is 1. The number of carbonyl (C=O) groups is 1. The molecule has 0 aliphatic rings. The lowest BCUT2D eigenvalue weighted by Gasteiger charge is -2.13. The predicted octanol–water partition coefficient (Wildman–Crippen LogP) is 2.00. The van der Waals surface area contributed by atoms with Crippen molar-refractivity contribution in [1.82, 2.24) is 0 Å². The summed E-state index contributed by atoms with van der Waals surface area (Å²) in [5.74, 6) is 0. The van der Waals surface area contributed by atoms with Gasteiger partial charge in [0.25, 0.3) is 0 Å². The van der Waals surface area contributed by atoms with Crippen LogP contribution in [0.5, 0.6) is 0 Å². The van der Waals surface area contributed by atoms with Crippen LogP contribution in [0, 0.1) is 0 Å². The highest BCUT2D eigenvalue weighted by atomic mass is 35.5. The van der Waals surface area contributed by atoms with Crippen molar-refractivity contribution in [2.24, 2.45) is 0 Å². The Labute approximate surface area is 96.3 Å². The number of benzene rings is 1. The summed E-state index contributed by atoms with van der Waals surface area (Å²) in [5, 5.41) is 2.90. The maximum Gasteiger partial charge on any atom is 0.140 e. The van der Waals surface area contributed by atoms with E-state index in [9.17, 15) is 9.00 Å². The SMILES string of the molecule is CNc1cc(Cl)ccc1C(C=O)S(C)=O. The summed E-state index contributed by atoms with van der Waals surface area (Å²) in [7, 11) is 0.508. The average molecular weight is 246 g/mol. The molecule has 1 N–H and O–H groups in total. The zero-order chi connectivity index (χ0) is 11.4. The Balaban J connectivity index is 3.22. The lowest BCUT2D eigenvalue weighted by molar-refractivity contribution is -0.107. The Morgan fingerprint density at radius 2 is 2.20 bits per heavy atom. The third kappa shape index (κ3) is 2.79. The number of carbonyl (C=O) groups excluding carboxylic acids is 1. The van der Waals surface area contributed by atoms with Crippen molar-refractivity contribution in [3.8, 4) is 0 Å². The molecule has 0 heterocycles. The fourth-order valence-electron chi connectivity index (χ4n) is 1.32. The molecule has 0 saturated carbocycles. The Kier molecular flexibility index (Phi) is 4.29. The first-order chi connectivity index (χ1) is 7.10. The molecule has 1 rings (SSSR count). The second-order valence-corrected chi connectivity index (χ2v) is 4.98. The van der Waals surface area contributed by atoms with E-state index in [1.807, 2.05) is 0 Å². The van der Waals surface area contributed by atoms with Crippen LogP contribution in [-0.4, -0.2) is 23.8 Å². The van der Waals surface area contributed by atoms with Crippen LogP contribution in [-0.2, 0) is 15.6 Å². The van der Waals surface area contributed by atoms with E-state index in [-0.39, 0.29) is 0 Å². The fourth-order valence-corrected chi connectivity index (χ4v) is 2.22. The molecule has 0 spiro atoms. The third-order valence-electron chi connectivity index (χ3n) is 2.07. The highest BCUT2D eigenvalue weighted by Crippen LogP contribution is 2.28. The smallest absolute Gasteiger partial charge is 0.140 e. The van der Waals surface area contributed by atoms with Crippen molar-refractivity contribution < 1.29 is 9.00 Å². The summed E-state index contributed by atoms with van der Waals surface area (Å²) in [6.45, 7) is 0. The first-order valence-electron chi connectivity index (χ1n) is 4.35. The predicted molar refractivity (Wildman–Crippen MR) is 63.9 cm³/mol. The summed E-state index contributed by atoms with van der Waals surface area (Å²) >= 11 is 5.82. The molecular formula is C10H12ClNO2S. The van der Waals surface area contributed by atoms with Crippen LogP contribution in [0.2, 0.25) is 5.02 Å². The largest absolute Gasteiger partial charge is 0.388 e. The van der Waals surface area contributed by atoms with Crippen LogP contribution >= 0.6 is 11.6 Å². The fraction of sp³-hybridized carbons (Fsp3) is 0.300. The van der Waals surface area contributed by atoms with Gasteiger partial charge in [0.2, 0.25) is 0 Å². The van der Waals surface area contributed by atoms with Gasteiger partial charge in [-0.2, -0.15) is 0 Å². The van der Waals surface area contributed by atoms with Crippen molar-refractivity contribution in [1.29, 1.82) is 0 Å². The van der Waals surface area contributed by atoms with Gasteiger partial charge in [-0.1, -0.05) is 17.7 Å². The van der Waals surface area contributed by atoms with E-state index in [4.69, 9.17) is 11.6 Å². The Morgan fingerprint density at radius 1 is 1.53 bits per heavy atom. The standard InChI is InChI=1S/C10H12ClNO2S/c1-12-9-5-7(11)3-4-8(9)10(6-13)15(2)14/h3-6,10,12H,1-2H3. The van der Waals surface area contributed by atoms with Crippen LogP contribution in [0.25, 0.3) is 0 Å². The molecule has 0 aliphatic carbocycles. The summed E-state index contributed by atoms with van der Waals surface area (Å²) in [6.07, 6.45) is 2.20. The van der Waals surface area contributed by atoms with E-state index >= 15 is 0 Å². The van der Waals surface area contributed by atoms with Crippen molar-refractivity contribution in [3.05, 3.63) is 28.8 Å². The molecule has 0 bridgehead atoms. The normalized spacial score (nSPS) is 14.3. The molecule has 1 aromatic carbocycles. The van der Waals surface area contributed by atoms with Gasteiger partial charge >= 0.3 is 0 Å². The van der Waals surface area contributed by atoms with Crippen molar-refractivity contribution in [2.75, 3.05) is 18.6 Å². The Bertz CT molecular complexity index is 395. The molecule has 15 heavy (non-hydrogen) atoms. The van der Waals surface area contributed by atoms with E-state index in [1.165, 1.54) is 6.26 Å². The van der Waals surface area contributed by atoms with Gasteiger partial charge in [0.15, 0.2) is 0 Å². The molecule has 0 fully saturated rings. The number of halogens is 1. The molecule has 0 amide bonds. The summed E-state index contributed by atoms with van der Waals surface area (Å²) in [4.78, 5) is 10.8. The topological polar surface area (TPSA) is 46.2 Å². The van der Waals surface area contributed by atoms with Gasteiger partial charge in [-0.15, -0.1) is 0 Å². The number of nitrogens with one attached hydrogen (secondary N) is 1. The number of hydrogen-bond acceptors (Lipinski definition) is 3. The van der Waals surface area contributed by atoms with Crippen LogP contribution < -0.4 is 5.32 Å². The highest BCUT2D eigenvalue weighted by Gasteiger charge is 2.17. The highest BCUT2D eigenvalue weighted by molar-refractivity contribution is 7.85. The van der Waals surface area contributed by atoms with E-state index in [0.29, 0.717) is 16.9 Å². The first-order valence-corrected chi connectivity index (χ1v) is 6.34. The van der Waals surface area contributed by atoms with Gasteiger partial charge in [0.05, 0.1) is 0 Å². The van der Waals surface area contributed by atoms with Crippen LogP contribution in [0.3, 0.4) is 0 Å². The van der Waals surface area contributed by atoms with Gasteiger partial charge in [-0.05, 0) is 17.7 Å². The lowest BCUT2D eigenvalue weighted by atomic mass is 10.1. The van der Waals surface area contributed by atoms with Crippen LogP contribution in [0.1, 0.15) is 10.8 Å². The maximum absolute atomic E-state index is 11.3. The second-order valence-electron chi connectivity index (χ2n) is 3.04. The van der Waals surface area contributed by atoms with Gasteiger partial charge in [0, 0.05) is 34.8 Å². The molecule has 0 saturated heterocycles. The van der Waals surface area contributed by atoms with Crippen molar-refractivity contribution in [3.63, 3.8) is 0 Å². The van der Waals surface area contributed by atoms with E-state index in [2.05, 4.69) is 5.32 Å². The molecule has 2 unspecified atom stereocenters. The van der Waals surface area contributed by atoms with Gasteiger partial charge in [-0.3, -0.25) is 4.21 Å². The molecule has 1 aromatic rings. The van der Waals surface area contributed by atoms with Gasteiger partial charge < -0.3 is 10.1 Å². The number of rotatable bonds is 4. The zero-order valence-corrected chi connectivity index (χ0v) is 10.1. The van der Waals surface area contributed by atoms with E-state index < -0.39 is 16.0 Å². The Hall–Kier alpha value is -0.870. The molecule has 3 nitrogen and oxygen atoms in total. The second kappa shape index (κ2) is 5.28. The van der Waals surface area contributed by atoms with E-state index in [1.54, 1.807) is 25.2 Å². The summed E-state index contributed by atoms with van der Waals surface area (Å²) in [6, 6.07) is 5.11. The average Bonchev–Trinajstić information content (AvgIpc) is 2.20. The molecule has 2 atom stereocenters. The Morgan fingerprint density at radius 3 is 2.67 bits per heavy atom. The molecule has 0 aromatic heterocycles. The van der Waals surface area contributed by atoms with Crippen molar-refractivity contribution in [2.45, 2.75) is 5.25 Å². The van der Waals surface area contributed by atoms with Crippen LogP contribution in [0.15, 0.2) is 18.2 Å². The zero-order valence-electron chi connectivity index (χ0n) is 8.49. The van der Waals surface area contributed by atoms with Gasteiger partial charge in [-0.25, -0.2) is 0 Å². The first kappa shape index (κ1) is 12.2. The molecule has 0 aliphatic heterocycles. The third-order valence-corrected chi connectivity index (χ3v) is 3.39. The summed E-state index contributed by atoms with van der Waals surface area (Å²) < 4.78 is 11.3. The summed E-state index contributed by atoms with van der Waals surface area (Å²) in [5.41, 5.74) is 1.44. The molecule has 5 heteroatoms. The van der Waals surface area contributed by atoms with E-state index in [0.717, 1.165) is 5.69 Å². The minimum Gasteiger partial charge on any atom is -0.388 e. The molecule has 0 radical (unpaired) electrons. The maximum atomic E-state index is 11.3.